The first-order chi connectivity index (χ1) is 11.4. The summed E-state index contributed by atoms with van der Waals surface area (Å²) >= 11 is 1.63. The van der Waals surface area contributed by atoms with Crippen LogP contribution in [0.5, 0.6) is 0 Å². The Balaban J connectivity index is 1.86. The largest absolute Gasteiger partial charge is 0.309 e. The second-order valence-corrected chi connectivity index (χ2v) is 8.76. The molecule has 2 aromatic rings. The maximum atomic E-state index is 12.5. The highest BCUT2D eigenvalue weighted by molar-refractivity contribution is 7.18. The molecule has 1 fully saturated rings. The normalized spacial score (nSPS) is 21.3. The zero-order valence-electron chi connectivity index (χ0n) is 15.5. The molecule has 2 atom stereocenters. The average Bonchev–Trinajstić information content (AvgIpc) is 2.72. The number of aryl methyl sites for hydroxylation is 2. The molecular weight excluding hydrogens is 318 g/mol. The van der Waals surface area contributed by atoms with E-state index in [0.717, 1.165) is 46.5 Å². The number of fused-ring (bicyclic) bond motifs is 1. The second kappa shape index (κ2) is 6.96. The van der Waals surface area contributed by atoms with Crippen LogP contribution in [-0.2, 0) is 0 Å². The average molecular weight is 348 g/mol. The number of nitrogens with one attached hydrogen (secondary N) is 1. The predicted octanol–water partition coefficient (Wildman–Crippen LogP) is 4.42. The molecule has 0 radical (unpaired) electrons. The molecule has 0 aliphatic carbocycles. The number of thiophene rings is 1. The van der Waals surface area contributed by atoms with Crippen LogP contribution in [-0.4, -0.2) is 28.0 Å². The van der Waals surface area contributed by atoms with Crippen molar-refractivity contribution < 1.29 is 0 Å². The number of H-pyrrole nitrogens is 1. The molecule has 1 N–H and O–H groups in total. The van der Waals surface area contributed by atoms with E-state index in [2.05, 4.69) is 37.6 Å². The highest BCUT2D eigenvalue weighted by Crippen LogP contribution is 2.30. The SMILES string of the molecule is Cc1sc2nc(C(C)N3CCCC(C(C)C)CC3)[nH]c(=O)c2c1C. The van der Waals surface area contributed by atoms with Crippen molar-refractivity contribution in [3.05, 3.63) is 26.6 Å². The maximum absolute atomic E-state index is 12.5. The van der Waals surface area contributed by atoms with Crippen molar-refractivity contribution in [1.82, 2.24) is 14.9 Å². The van der Waals surface area contributed by atoms with Gasteiger partial charge in [-0.25, -0.2) is 4.98 Å². The lowest BCUT2D eigenvalue weighted by Crippen LogP contribution is -2.30. The fraction of sp³-hybridized carbons (Fsp3) is 0.684. The number of aromatic amines is 1. The van der Waals surface area contributed by atoms with Crippen molar-refractivity contribution in [3.63, 3.8) is 0 Å². The summed E-state index contributed by atoms with van der Waals surface area (Å²) in [4.78, 5) is 24.9. The minimum absolute atomic E-state index is 0.0126. The summed E-state index contributed by atoms with van der Waals surface area (Å²) in [6.07, 6.45) is 3.79. The molecule has 2 unspecified atom stereocenters. The van der Waals surface area contributed by atoms with E-state index < -0.39 is 0 Å². The van der Waals surface area contributed by atoms with Crippen LogP contribution in [0.4, 0.5) is 0 Å². The Hall–Kier alpha value is -1.20. The van der Waals surface area contributed by atoms with E-state index in [9.17, 15) is 4.79 Å². The molecule has 2 aromatic heterocycles. The monoisotopic (exact) mass is 347 g/mol. The third kappa shape index (κ3) is 3.29. The molecule has 0 aromatic carbocycles. The lowest BCUT2D eigenvalue weighted by molar-refractivity contribution is 0.205. The number of nitrogens with zero attached hydrogens (tertiary/aromatic N) is 2. The Morgan fingerprint density at radius 2 is 1.96 bits per heavy atom. The molecule has 24 heavy (non-hydrogen) atoms. The van der Waals surface area contributed by atoms with Crippen LogP contribution in [0.1, 0.15) is 62.3 Å². The van der Waals surface area contributed by atoms with Gasteiger partial charge in [-0.05, 0) is 70.5 Å². The Labute approximate surface area is 148 Å². The van der Waals surface area contributed by atoms with Crippen LogP contribution < -0.4 is 5.56 Å². The molecule has 0 bridgehead atoms. The van der Waals surface area contributed by atoms with Crippen LogP contribution in [0.15, 0.2) is 4.79 Å². The lowest BCUT2D eigenvalue weighted by Gasteiger charge is -2.27. The molecule has 4 nitrogen and oxygen atoms in total. The first-order valence-corrected chi connectivity index (χ1v) is 9.94. The minimum atomic E-state index is 0.0126. The van der Waals surface area contributed by atoms with E-state index >= 15 is 0 Å². The molecule has 5 heteroatoms. The van der Waals surface area contributed by atoms with Crippen LogP contribution in [0.3, 0.4) is 0 Å². The van der Waals surface area contributed by atoms with Gasteiger partial charge in [-0.15, -0.1) is 11.3 Å². The van der Waals surface area contributed by atoms with Gasteiger partial charge in [-0.2, -0.15) is 0 Å². The molecular formula is C19H29N3OS. The molecule has 1 saturated heterocycles. The van der Waals surface area contributed by atoms with Crippen LogP contribution in [0, 0.1) is 25.7 Å². The van der Waals surface area contributed by atoms with Crippen molar-refractivity contribution in [1.29, 1.82) is 0 Å². The predicted molar refractivity (Wildman–Crippen MR) is 102 cm³/mol. The quantitative estimate of drug-likeness (QED) is 0.894. The molecule has 1 aliphatic heterocycles. The number of likely N-dealkylation sites (tertiary alicyclic amines) is 1. The first-order valence-electron chi connectivity index (χ1n) is 9.12. The van der Waals surface area contributed by atoms with Gasteiger partial charge in [0.15, 0.2) is 0 Å². The van der Waals surface area contributed by atoms with Gasteiger partial charge < -0.3 is 4.98 Å². The number of hydrogen-bond acceptors (Lipinski definition) is 4. The summed E-state index contributed by atoms with van der Waals surface area (Å²) in [5.74, 6) is 2.39. The topological polar surface area (TPSA) is 49.0 Å². The van der Waals surface area contributed by atoms with E-state index in [0.29, 0.717) is 0 Å². The van der Waals surface area contributed by atoms with Gasteiger partial charge in [0.1, 0.15) is 10.7 Å². The molecule has 1 aliphatic rings. The van der Waals surface area contributed by atoms with E-state index in [-0.39, 0.29) is 11.6 Å². The van der Waals surface area contributed by atoms with Crippen molar-refractivity contribution in [3.8, 4) is 0 Å². The Morgan fingerprint density at radius 3 is 2.67 bits per heavy atom. The third-order valence-electron chi connectivity index (χ3n) is 5.75. The standard InChI is InChI=1S/C19H29N3OS/c1-11(2)15-7-6-9-22(10-8-15)13(4)17-20-18(23)16-12(3)14(5)24-19(16)21-17/h11,13,15H,6-10H2,1-5H3,(H,20,21,23). The fourth-order valence-electron chi connectivity index (χ4n) is 3.84. The van der Waals surface area contributed by atoms with Crippen molar-refractivity contribution >= 4 is 21.6 Å². The van der Waals surface area contributed by atoms with Crippen LogP contribution in [0.2, 0.25) is 0 Å². The summed E-state index contributed by atoms with van der Waals surface area (Å²) in [5, 5.41) is 0.768. The summed E-state index contributed by atoms with van der Waals surface area (Å²) in [7, 11) is 0. The zero-order chi connectivity index (χ0) is 17.4. The van der Waals surface area contributed by atoms with E-state index in [1.165, 1.54) is 24.1 Å². The minimum Gasteiger partial charge on any atom is -0.309 e. The molecule has 3 heterocycles. The van der Waals surface area contributed by atoms with Gasteiger partial charge >= 0.3 is 0 Å². The highest BCUT2D eigenvalue weighted by Gasteiger charge is 2.25. The molecule has 132 valence electrons. The number of aromatic nitrogens is 2. The van der Waals surface area contributed by atoms with E-state index in [1.54, 1.807) is 11.3 Å². The zero-order valence-corrected chi connectivity index (χ0v) is 16.3. The van der Waals surface area contributed by atoms with E-state index in [4.69, 9.17) is 4.98 Å². The van der Waals surface area contributed by atoms with Gasteiger partial charge in [-0.1, -0.05) is 13.8 Å². The molecule has 0 spiro atoms. The van der Waals surface area contributed by atoms with Crippen LogP contribution >= 0.6 is 11.3 Å². The van der Waals surface area contributed by atoms with Gasteiger partial charge in [-0.3, -0.25) is 9.69 Å². The first kappa shape index (κ1) is 17.6. The maximum Gasteiger partial charge on any atom is 0.259 e. The lowest BCUT2D eigenvalue weighted by atomic mass is 9.89. The van der Waals surface area contributed by atoms with Gasteiger partial charge in [0, 0.05) is 4.88 Å². The Morgan fingerprint density at radius 1 is 1.21 bits per heavy atom. The number of rotatable bonds is 3. The Bertz CT molecular complexity index is 777. The third-order valence-corrected chi connectivity index (χ3v) is 6.85. The fourth-order valence-corrected chi connectivity index (χ4v) is 4.88. The summed E-state index contributed by atoms with van der Waals surface area (Å²) < 4.78 is 0. The van der Waals surface area contributed by atoms with Gasteiger partial charge in [0.2, 0.25) is 0 Å². The van der Waals surface area contributed by atoms with Crippen molar-refractivity contribution in [2.45, 2.75) is 59.9 Å². The van der Waals surface area contributed by atoms with Gasteiger partial charge in [0.25, 0.3) is 5.56 Å². The summed E-state index contributed by atoms with van der Waals surface area (Å²) in [6.45, 7) is 13.1. The summed E-state index contributed by atoms with van der Waals surface area (Å²) in [6, 6.07) is 0.163. The van der Waals surface area contributed by atoms with Crippen molar-refractivity contribution in [2.75, 3.05) is 13.1 Å². The Kier molecular flexibility index (Phi) is 5.11. The summed E-state index contributed by atoms with van der Waals surface area (Å²) in [5.41, 5.74) is 1.08. The van der Waals surface area contributed by atoms with Crippen molar-refractivity contribution in [2.24, 2.45) is 11.8 Å². The smallest absolute Gasteiger partial charge is 0.259 e. The van der Waals surface area contributed by atoms with Crippen LogP contribution in [0.25, 0.3) is 10.2 Å². The molecule has 3 rings (SSSR count). The second-order valence-electron chi connectivity index (χ2n) is 7.56. The molecule has 0 saturated carbocycles. The van der Waals surface area contributed by atoms with E-state index in [1.807, 2.05) is 6.92 Å². The molecule has 0 amide bonds. The van der Waals surface area contributed by atoms with Gasteiger partial charge in [0.05, 0.1) is 11.4 Å². The highest BCUT2D eigenvalue weighted by atomic mass is 32.1. The number of hydrogen-bond donors (Lipinski definition) is 1.